The van der Waals surface area contributed by atoms with Crippen molar-refractivity contribution in [1.29, 1.82) is 0 Å². The van der Waals surface area contributed by atoms with E-state index < -0.39 is 10.0 Å². The predicted molar refractivity (Wildman–Crippen MR) is 87.0 cm³/mol. The lowest BCUT2D eigenvalue weighted by Gasteiger charge is -2.15. The maximum atomic E-state index is 12.7. The lowest BCUT2D eigenvalue weighted by Crippen LogP contribution is -2.28. The number of benzene rings is 1. The maximum absolute atomic E-state index is 12.7. The zero-order valence-corrected chi connectivity index (χ0v) is 14.0. The molecule has 0 amide bonds. The number of carbonyl (C=O) groups excluding carboxylic acids is 1. The van der Waals surface area contributed by atoms with Crippen molar-refractivity contribution in [3.05, 3.63) is 53.6 Å². The van der Waals surface area contributed by atoms with Gasteiger partial charge >= 0.3 is 0 Å². The number of nitrogens with zero attached hydrogens (tertiary/aromatic N) is 1. The van der Waals surface area contributed by atoms with Crippen LogP contribution < -0.4 is 0 Å². The molecule has 0 N–H and O–H groups in total. The van der Waals surface area contributed by atoms with E-state index in [1.54, 1.807) is 24.3 Å². The summed E-state index contributed by atoms with van der Waals surface area (Å²) >= 11 is 0. The molecule has 0 bridgehead atoms. The number of aryl methyl sites for hydroxylation is 1. The predicted octanol–water partition coefficient (Wildman–Crippen LogP) is 2.71. The van der Waals surface area contributed by atoms with E-state index in [0.717, 1.165) is 11.1 Å². The van der Waals surface area contributed by atoms with E-state index in [-0.39, 0.29) is 23.1 Å². The Kier molecular flexibility index (Phi) is 4.68. The van der Waals surface area contributed by atoms with Gasteiger partial charge in [-0.25, -0.2) is 8.42 Å². The summed E-state index contributed by atoms with van der Waals surface area (Å²) in [6.45, 7) is 9.64. The summed E-state index contributed by atoms with van der Waals surface area (Å²) < 4.78 is 26.9. The van der Waals surface area contributed by atoms with E-state index in [2.05, 4.69) is 6.58 Å². The third-order valence-electron chi connectivity index (χ3n) is 4.01. The van der Waals surface area contributed by atoms with Crippen LogP contribution in [0.15, 0.2) is 53.0 Å². The highest BCUT2D eigenvalue weighted by Gasteiger charge is 2.35. The molecule has 1 aromatic carbocycles. The molecule has 1 atom stereocenters. The van der Waals surface area contributed by atoms with Crippen molar-refractivity contribution in [3.63, 3.8) is 0 Å². The molecule has 1 fully saturated rings. The third kappa shape index (κ3) is 3.05. The molecule has 0 aliphatic carbocycles. The summed E-state index contributed by atoms with van der Waals surface area (Å²) in [5.41, 5.74) is 2.40. The van der Waals surface area contributed by atoms with Crippen LogP contribution in [0.3, 0.4) is 0 Å². The number of hydrogen-bond acceptors (Lipinski definition) is 3. The molecule has 2 rings (SSSR count). The first-order valence-electron chi connectivity index (χ1n) is 7.20. The molecule has 1 heterocycles. The highest BCUT2D eigenvalue weighted by Crippen LogP contribution is 2.30. The second-order valence-corrected chi connectivity index (χ2v) is 7.65. The molecule has 1 unspecified atom stereocenters. The van der Waals surface area contributed by atoms with Crippen LogP contribution in [0.25, 0.3) is 0 Å². The van der Waals surface area contributed by atoms with Gasteiger partial charge < -0.3 is 0 Å². The van der Waals surface area contributed by atoms with Gasteiger partial charge in [0, 0.05) is 18.7 Å². The Bertz CT molecular complexity index is 730. The number of sulfonamides is 1. The number of carbonyl (C=O) groups is 1. The van der Waals surface area contributed by atoms with Crippen LogP contribution in [0.2, 0.25) is 0 Å². The van der Waals surface area contributed by atoms with Crippen LogP contribution in [0, 0.1) is 12.8 Å². The van der Waals surface area contributed by atoms with Crippen LogP contribution >= 0.6 is 0 Å². The first kappa shape index (κ1) is 16.6. The van der Waals surface area contributed by atoms with Crippen molar-refractivity contribution < 1.29 is 13.2 Å². The van der Waals surface area contributed by atoms with E-state index in [9.17, 15) is 13.2 Å². The van der Waals surface area contributed by atoms with Gasteiger partial charge in [-0.15, -0.1) is 0 Å². The van der Waals surface area contributed by atoms with E-state index in [4.69, 9.17) is 0 Å². The highest BCUT2D eigenvalue weighted by atomic mass is 32.2. The minimum Gasteiger partial charge on any atom is -0.295 e. The van der Waals surface area contributed by atoms with Gasteiger partial charge in [-0.1, -0.05) is 37.3 Å². The fourth-order valence-corrected chi connectivity index (χ4v) is 4.23. The molecule has 1 aromatic rings. The van der Waals surface area contributed by atoms with Crippen LogP contribution in [0.1, 0.15) is 19.4 Å². The Morgan fingerprint density at radius 1 is 1.32 bits per heavy atom. The third-order valence-corrected chi connectivity index (χ3v) is 5.83. The molecule has 22 heavy (non-hydrogen) atoms. The van der Waals surface area contributed by atoms with E-state index >= 15 is 0 Å². The second-order valence-electron chi connectivity index (χ2n) is 5.71. The molecular weight excluding hydrogens is 298 g/mol. The largest absolute Gasteiger partial charge is 0.295 e. The second kappa shape index (κ2) is 6.18. The van der Waals surface area contributed by atoms with Crippen LogP contribution in [0.5, 0.6) is 0 Å². The summed E-state index contributed by atoms with van der Waals surface area (Å²) in [6, 6.07) is 6.81. The molecule has 0 saturated carbocycles. The standard InChI is InChI=1S/C17H21NO3S/c1-5-16(14(4)19)17-11-18(10-13(17)3)22(20,21)15-8-6-12(2)7-9-15/h5-9,13H,1,10-11H2,2-4H3/b17-16-. The number of rotatable bonds is 4. The Morgan fingerprint density at radius 2 is 1.91 bits per heavy atom. The van der Waals surface area contributed by atoms with Gasteiger partial charge in [-0.2, -0.15) is 4.31 Å². The van der Waals surface area contributed by atoms with Crippen LogP contribution in [-0.4, -0.2) is 31.6 Å². The van der Waals surface area contributed by atoms with Gasteiger partial charge in [0.05, 0.1) is 4.90 Å². The van der Waals surface area contributed by atoms with Gasteiger partial charge in [-0.3, -0.25) is 4.79 Å². The van der Waals surface area contributed by atoms with Crippen molar-refractivity contribution in [3.8, 4) is 0 Å². The fraction of sp³-hybridized carbons (Fsp3) is 0.353. The minimum absolute atomic E-state index is 0.0112. The normalized spacial score (nSPS) is 21.7. The molecule has 1 saturated heterocycles. The van der Waals surface area contributed by atoms with Crippen molar-refractivity contribution in [2.24, 2.45) is 5.92 Å². The van der Waals surface area contributed by atoms with Crippen molar-refractivity contribution in [1.82, 2.24) is 4.31 Å². The van der Waals surface area contributed by atoms with Crippen LogP contribution in [-0.2, 0) is 14.8 Å². The molecule has 0 radical (unpaired) electrons. The average Bonchev–Trinajstić information content (AvgIpc) is 2.83. The summed E-state index contributed by atoms with van der Waals surface area (Å²) in [4.78, 5) is 12.0. The highest BCUT2D eigenvalue weighted by molar-refractivity contribution is 7.89. The fourth-order valence-electron chi connectivity index (χ4n) is 2.72. The first-order valence-corrected chi connectivity index (χ1v) is 8.64. The lowest BCUT2D eigenvalue weighted by molar-refractivity contribution is -0.113. The lowest BCUT2D eigenvalue weighted by atomic mass is 9.97. The molecule has 118 valence electrons. The van der Waals surface area contributed by atoms with Gasteiger partial charge in [0.2, 0.25) is 10.0 Å². The van der Waals surface area contributed by atoms with Crippen molar-refractivity contribution in [2.75, 3.05) is 13.1 Å². The van der Waals surface area contributed by atoms with E-state index in [0.29, 0.717) is 12.1 Å². The van der Waals surface area contributed by atoms with Crippen LogP contribution in [0.4, 0.5) is 0 Å². The maximum Gasteiger partial charge on any atom is 0.243 e. The summed E-state index contributed by atoms with van der Waals surface area (Å²) in [7, 11) is -3.54. The smallest absolute Gasteiger partial charge is 0.243 e. The molecule has 0 aromatic heterocycles. The average molecular weight is 319 g/mol. The van der Waals surface area contributed by atoms with Gasteiger partial charge in [-0.05, 0) is 37.5 Å². The number of hydrogen-bond donors (Lipinski definition) is 0. The molecular formula is C17H21NO3S. The van der Waals surface area contributed by atoms with Crippen molar-refractivity contribution >= 4 is 15.8 Å². The Labute approximate surface area is 132 Å². The summed E-state index contributed by atoms with van der Waals surface area (Å²) in [5, 5.41) is 0. The van der Waals surface area contributed by atoms with E-state index in [1.807, 2.05) is 13.8 Å². The monoisotopic (exact) mass is 319 g/mol. The molecule has 1 aliphatic rings. The van der Waals surface area contributed by atoms with Crippen molar-refractivity contribution in [2.45, 2.75) is 25.7 Å². The number of ketones is 1. The SMILES string of the molecule is C=C/C(C(C)=O)=C1\CN(S(=O)(=O)c2ccc(C)cc2)CC1C. The first-order chi connectivity index (χ1) is 10.3. The van der Waals surface area contributed by atoms with Gasteiger partial charge in [0.1, 0.15) is 0 Å². The Morgan fingerprint density at radius 3 is 2.41 bits per heavy atom. The molecule has 5 heteroatoms. The number of Topliss-reactive ketones (excluding diaryl/α,β-unsaturated/α-hetero) is 1. The topological polar surface area (TPSA) is 54.5 Å². The number of allylic oxidation sites excluding steroid dienone is 2. The zero-order chi connectivity index (χ0) is 16.5. The molecule has 1 aliphatic heterocycles. The zero-order valence-electron chi connectivity index (χ0n) is 13.2. The Hall–Kier alpha value is -1.72. The summed E-state index contributed by atoms with van der Waals surface area (Å²) in [5.74, 6) is -0.0662. The van der Waals surface area contributed by atoms with E-state index in [1.165, 1.54) is 17.3 Å². The molecule has 0 spiro atoms. The summed E-state index contributed by atoms with van der Waals surface area (Å²) in [6.07, 6.45) is 1.52. The molecule has 4 nitrogen and oxygen atoms in total. The van der Waals surface area contributed by atoms with Gasteiger partial charge in [0.25, 0.3) is 0 Å². The quantitative estimate of drug-likeness (QED) is 0.802. The Balaban J connectivity index is 2.38. The van der Waals surface area contributed by atoms with Gasteiger partial charge in [0.15, 0.2) is 5.78 Å². The minimum atomic E-state index is -3.54.